The zero-order valence-corrected chi connectivity index (χ0v) is 9.89. The molecular weight excluding hydrogens is 258 g/mol. The minimum atomic E-state index is -3.78. The van der Waals surface area contributed by atoms with Gasteiger partial charge in [-0.25, -0.2) is 17.2 Å². The molecule has 0 heterocycles. The molecule has 1 rings (SSSR count). The SMILES string of the molecule is O=S(=O)(Cl)CC(CC(F)F)c1ccccc1. The highest BCUT2D eigenvalue weighted by atomic mass is 35.7. The van der Waals surface area contributed by atoms with Crippen LogP contribution >= 0.6 is 10.7 Å². The van der Waals surface area contributed by atoms with Gasteiger partial charge in [0.2, 0.25) is 15.5 Å². The van der Waals surface area contributed by atoms with E-state index in [0.29, 0.717) is 5.56 Å². The van der Waals surface area contributed by atoms with Crippen LogP contribution in [0, 0.1) is 0 Å². The van der Waals surface area contributed by atoms with E-state index in [1.165, 1.54) is 0 Å². The second kappa shape index (κ2) is 5.59. The van der Waals surface area contributed by atoms with Crippen molar-refractivity contribution in [1.82, 2.24) is 0 Å². The Morgan fingerprint density at radius 1 is 1.19 bits per heavy atom. The predicted molar refractivity (Wildman–Crippen MR) is 59.4 cm³/mol. The molecule has 0 N–H and O–H groups in total. The highest BCUT2D eigenvalue weighted by Crippen LogP contribution is 2.25. The van der Waals surface area contributed by atoms with Gasteiger partial charge < -0.3 is 0 Å². The highest BCUT2D eigenvalue weighted by Gasteiger charge is 2.22. The first-order valence-corrected chi connectivity index (χ1v) is 7.12. The van der Waals surface area contributed by atoms with Crippen molar-refractivity contribution in [2.45, 2.75) is 18.8 Å². The van der Waals surface area contributed by atoms with Gasteiger partial charge in [-0.3, -0.25) is 0 Å². The Labute approximate surface area is 97.7 Å². The number of benzene rings is 1. The summed E-state index contributed by atoms with van der Waals surface area (Å²) in [5.74, 6) is -1.23. The predicted octanol–water partition coefficient (Wildman–Crippen LogP) is 2.99. The van der Waals surface area contributed by atoms with Crippen LogP contribution in [0.5, 0.6) is 0 Å². The average molecular weight is 269 g/mol. The van der Waals surface area contributed by atoms with E-state index in [9.17, 15) is 17.2 Å². The quantitative estimate of drug-likeness (QED) is 0.770. The van der Waals surface area contributed by atoms with Crippen LogP contribution in [0.3, 0.4) is 0 Å². The third-order valence-corrected chi connectivity index (χ3v) is 3.31. The van der Waals surface area contributed by atoms with Crippen LogP contribution in [0.15, 0.2) is 30.3 Å². The molecule has 0 aliphatic carbocycles. The van der Waals surface area contributed by atoms with Crippen molar-refractivity contribution in [3.8, 4) is 0 Å². The molecule has 0 radical (unpaired) electrons. The number of alkyl halides is 2. The van der Waals surface area contributed by atoms with Crippen LogP contribution in [-0.2, 0) is 9.05 Å². The van der Waals surface area contributed by atoms with Crippen molar-refractivity contribution in [3.63, 3.8) is 0 Å². The van der Waals surface area contributed by atoms with E-state index in [-0.39, 0.29) is 0 Å². The Bertz CT molecular complexity index is 420. The molecule has 0 saturated carbocycles. The van der Waals surface area contributed by atoms with Crippen molar-refractivity contribution >= 4 is 19.7 Å². The largest absolute Gasteiger partial charge is 0.239 e. The van der Waals surface area contributed by atoms with Crippen LogP contribution in [0.25, 0.3) is 0 Å². The molecule has 1 atom stereocenters. The Hall–Kier alpha value is -0.680. The lowest BCUT2D eigenvalue weighted by Gasteiger charge is -2.14. The number of halogens is 3. The summed E-state index contributed by atoms with van der Waals surface area (Å²) in [6.07, 6.45) is -3.06. The summed E-state index contributed by atoms with van der Waals surface area (Å²) in [6.45, 7) is 0. The number of rotatable bonds is 5. The first-order chi connectivity index (χ1) is 7.38. The summed E-state index contributed by atoms with van der Waals surface area (Å²) < 4.78 is 46.4. The zero-order valence-electron chi connectivity index (χ0n) is 8.31. The van der Waals surface area contributed by atoms with Crippen LogP contribution in [0.2, 0.25) is 0 Å². The maximum absolute atomic E-state index is 12.3. The van der Waals surface area contributed by atoms with E-state index >= 15 is 0 Å². The fraction of sp³-hybridized carbons (Fsp3) is 0.400. The smallest absolute Gasteiger partial charge is 0.212 e. The van der Waals surface area contributed by atoms with E-state index in [1.54, 1.807) is 30.3 Å². The van der Waals surface area contributed by atoms with E-state index in [4.69, 9.17) is 10.7 Å². The van der Waals surface area contributed by atoms with Crippen molar-refractivity contribution in [2.75, 3.05) is 5.75 Å². The molecule has 1 aromatic rings. The first-order valence-electron chi connectivity index (χ1n) is 4.64. The van der Waals surface area contributed by atoms with Crippen LogP contribution < -0.4 is 0 Å². The maximum Gasteiger partial charge on any atom is 0.239 e. The number of hydrogen-bond donors (Lipinski definition) is 0. The zero-order chi connectivity index (χ0) is 12.2. The van der Waals surface area contributed by atoms with E-state index < -0.39 is 33.6 Å². The van der Waals surface area contributed by atoms with Gasteiger partial charge in [0.25, 0.3) is 0 Å². The average Bonchev–Trinajstić information content (AvgIpc) is 2.15. The molecule has 1 unspecified atom stereocenters. The first kappa shape index (κ1) is 13.4. The van der Waals surface area contributed by atoms with E-state index in [2.05, 4.69) is 0 Å². The van der Waals surface area contributed by atoms with Gasteiger partial charge in [0.15, 0.2) is 0 Å². The lowest BCUT2D eigenvalue weighted by Crippen LogP contribution is -2.13. The Morgan fingerprint density at radius 2 is 1.75 bits per heavy atom. The second-order valence-corrected chi connectivity index (χ2v) is 6.26. The van der Waals surface area contributed by atoms with Crippen LogP contribution in [-0.4, -0.2) is 20.6 Å². The fourth-order valence-corrected chi connectivity index (χ4v) is 2.75. The monoisotopic (exact) mass is 268 g/mol. The molecule has 90 valence electrons. The molecule has 0 saturated heterocycles. The molecule has 0 spiro atoms. The molecule has 0 aromatic heterocycles. The topological polar surface area (TPSA) is 34.1 Å². The van der Waals surface area contributed by atoms with Crippen LogP contribution in [0.1, 0.15) is 17.9 Å². The Balaban J connectivity index is 2.88. The Morgan fingerprint density at radius 3 is 2.19 bits per heavy atom. The maximum atomic E-state index is 12.3. The summed E-state index contributed by atoms with van der Waals surface area (Å²) in [6, 6.07) is 8.33. The molecule has 1 aromatic carbocycles. The van der Waals surface area contributed by atoms with Gasteiger partial charge in [-0.1, -0.05) is 30.3 Å². The molecule has 16 heavy (non-hydrogen) atoms. The lowest BCUT2D eigenvalue weighted by molar-refractivity contribution is 0.130. The minimum Gasteiger partial charge on any atom is -0.212 e. The van der Waals surface area contributed by atoms with Gasteiger partial charge in [0.1, 0.15) is 0 Å². The van der Waals surface area contributed by atoms with Crippen molar-refractivity contribution in [3.05, 3.63) is 35.9 Å². The van der Waals surface area contributed by atoms with Gasteiger partial charge in [-0.15, -0.1) is 0 Å². The fourth-order valence-electron chi connectivity index (χ4n) is 1.48. The summed E-state index contributed by atoms with van der Waals surface area (Å²) in [7, 11) is 1.31. The normalized spacial score (nSPS) is 14.0. The van der Waals surface area contributed by atoms with Gasteiger partial charge in [-0.2, -0.15) is 0 Å². The van der Waals surface area contributed by atoms with Crippen molar-refractivity contribution in [2.24, 2.45) is 0 Å². The standard InChI is InChI=1S/C10H11ClF2O2S/c11-16(14,15)7-9(6-10(12)13)8-4-2-1-3-5-8/h1-5,9-10H,6-7H2. The molecule has 0 fully saturated rings. The Kier molecular flexibility index (Phi) is 4.68. The van der Waals surface area contributed by atoms with Gasteiger partial charge in [-0.05, 0) is 5.56 Å². The summed E-state index contributed by atoms with van der Waals surface area (Å²) in [5.41, 5.74) is 0.562. The molecular formula is C10H11ClF2O2S. The molecule has 0 aliphatic rings. The molecule has 0 bridgehead atoms. The van der Waals surface area contributed by atoms with E-state index in [1.807, 2.05) is 0 Å². The third kappa shape index (κ3) is 4.90. The summed E-state index contributed by atoms with van der Waals surface area (Å²) in [4.78, 5) is 0. The van der Waals surface area contributed by atoms with Gasteiger partial charge >= 0.3 is 0 Å². The minimum absolute atomic E-state index is 0.469. The van der Waals surface area contributed by atoms with Crippen LogP contribution in [0.4, 0.5) is 8.78 Å². The van der Waals surface area contributed by atoms with Crippen molar-refractivity contribution in [1.29, 1.82) is 0 Å². The molecule has 6 heteroatoms. The molecule has 2 nitrogen and oxygen atoms in total. The second-order valence-electron chi connectivity index (χ2n) is 3.44. The van der Waals surface area contributed by atoms with Gasteiger partial charge in [0, 0.05) is 23.0 Å². The van der Waals surface area contributed by atoms with Crippen molar-refractivity contribution < 1.29 is 17.2 Å². The van der Waals surface area contributed by atoms with E-state index in [0.717, 1.165) is 0 Å². The molecule has 0 amide bonds. The van der Waals surface area contributed by atoms with Gasteiger partial charge in [0.05, 0.1) is 5.75 Å². The lowest BCUT2D eigenvalue weighted by atomic mass is 9.98. The molecule has 0 aliphatic heterocycles. The summed E-state index contributed by atoms with van der Waals surface area (Å²) in [5, 5.41) is 0. The highest BCUT2D eigenvalue weighted by molar-refractivity contribution is 8.13. The number of hydrogen-bond acceptors (Lipinski definition) is 2. The summed E-state index contributed by atoms with van der Waals surface area (Å²) >= 11 is 0. The third-order valence-electron chi connectivity index (χ3n) is 2.13.